The van der Waals surface area contributed by atoms with E-state index >= 15 is 0 Å². The van der Waals surface area contributed by atoms with Gasteiger partial charge in [0, 0.05) is 25.7 Å². The molecule has 0 bridgehead atoms. The number of halogens is 2. The Morgan fingerprint density at radius 1 is 1.02 bits per heavy atom. The molecule has 1 aliphatic heterocycles. The van der Waals surface area contributed by atoms with E-state index in [-0.39, 0.29) is 36.1 Å². The van der Waals surface area contributed by atoms with Crippen molar-refractivity contribution >= 4 is 17.5 Å². The van der Waals surface area contributed by atoms with Crippen LogP contribution in [0, 0.1) is 29.9 Å². The van der Waals surface area contributed by atoms with Crippen LogP contribution in [0.5, 0.6) is 5.75 Å². The number of amides is 1. The van der Waals surface area contributed by atoms with Gasteiger partial charge in [-0.1, -0.05) is 36.4 Å². The summed E-state index contributed by atoms with van der Waals surface area (Å²) in [6, 6.07) is 16.6. The second-order valence-electron chi connectivity index (χ2n) is 10.7. The number of hydrogen-bond donors (Lipinski definition) is 0. The van der Waals surface area contributed by atoms with Crippen molar-refractivity contribution in [3.8, 4) is 5.75 Å². The maximum Gasteiger partial charge on any atom is 0.410 e. The summed E-state index contributed by atoms with van der Waals surface area (Å²) < 4.78 is 41.1. The molecule has 9 heteroatoms. The van der Waals surface area contributed by atoms with Crippen molar-refractivity contribution in [3.63, 3.8) is 0 Å². The molecule has 2 fully saturated rings. The third-order valence-electron chi connectivity index (χ3n) is 8.07. The van der Waals surface area contributed by atoms with Crippen molar-refractivity contribution in [2.24, 2.45) is 11.3 Å². The molecule has 2 unspecified atom stereocenters. The van der Waals surface area contributed by atoms with Crippen LogP contribution < -0.4 is 4.74 Å². The largest absolute Gasteiger partial charge is 0.485 e. The second kappa shape index (κ2) is 10.4. The topological polar surface area (TPSA) is 73.1 Å². The standard InChI is InChI=1S/C31H29F2N3O4/c1-20-28(36-13-6-11-27(29(36)34-20)39-18-23-24(32)9-5-10-25(23)33)26(37)16-31-15-22(31)12-14-35(19-31)30(38)40-17-21-7-3-2-4-8-21/h2-11,13,22H,12,14-19H2,1H3. The molecule has 2 aliphatic rings. The number of benzene rings is 2. The molecule has 6 rings (SSSR count). The second-order valence-corrected chi connectivity index (χ2v) is 10.7. The minimum Gasteiger partial charge on any atom is -0.485 e. The van der Waals surface area contributed by atoms with E-state index in [2.05, 4.69) is 4.98 Å². The number of pyridine rings is 1. The maximum absolute atomic E-state index is 14.1. The molecule has 1 aliphatic carbocycles. The first-order valence-corrected chi connectivity index (χ1v) is 13.4. The number of carbonyl (C=O) groups excluding carboxylic acids is 2. The summed E-state index contributed by atoms with van der Waals surface area (Å²) in [5.74, 6) is -0.732. The van der Waals surface area contributed by atoms with E-state index in [0.29, 0.717) is 48.2 Å². The lowest BCUT2D eigenvalue weighted by atomic mass is 9.90. The summed E-state index contributed by atoms with van der Waals surface area (Å²) in [4.78, 5) is 32.8. The number of ketones is 1. The van der Waals surface area contributed by atoms with Gasteiger partial charge in [-0.3, -0.25) is 9.20 Å². The number of imidazole rings is 1. The van der Waals surface area contributed by atoms with Crippen molar-refractivity contribution in [3.05, 3.63) is 101 Å². The summed E-state index contributed by atoms with van der Waals surface area (Å²) in [6.07, 6.45) is 3.39. The molecular formula is C31H29F2N3O4. The lowest BCUT2D eigenvalue weighted by Crippen LogP contribution is -2.42. The van der Waals surface area contributed by atoms with Crippen molar-refractivity contribution < 1.29 is 27.8 Å². The van der Waals surface area contributed by atoms with Crippen LogP contribution in [0.2, 0.25) is 0 Å². The number of fused-ring (bicyclic) bond motifs is 2. The molecule has 0 radical (unpaired) electrons. The van der Waals surface area contributed by atoms with Gasteiger partial charge in [-0.15, -0.1) is 0 Å². The number of Topliss-reactive ketones (excluding diaryl/α,β-unsaturated/α-hetero) is 1. The Hall–Kier alpha value is -4.27. The highest BCUT2D eigenvalue weighted by atomic mass is 19.1. The number of carbonyl (C=O) groups is 2. The molecule has 4 aromatic rings. The third-order valence-corrected chi connectivity index (χ3v) is 8.07. The molecule has 2 atom stereocenters. The van der Waals surface area contributed by atoms with Crippen molar-refractivity contribution in [2.75, 3.05) is 13.1 Å². The fraction of sp³-hybridized carbons (Fsp3) is 0.323. The number of aryl methyl sites for hydroxylation is 1. The van der Waals surface area contributed by atoms with Gasteiger partial charge in [0.25, 0.3) is 0 Å². The monoisotopic (exact) mass is 545 g/mol. The first-order chi connectivity index (χ1) is 19.3. The number of hydrogen-bond acceptors (Lipinski definition) is 5. The van der Waals surface area contributed by atoms with Crippen molar-refractivity contribution in [1.29, 1.82) is 0 Å². The zero-order chi connectivity index (χ0) is 27.9. The average Bonchev–Trinajstić information content (AvgIpc) is 3.55. The Balaban J connectivity index is 1.15. The van der Waals surface area contributed by atoms with E-state index in [1.165, 1.54) is 18.2 Å². The smallest absolute Gasteiger partial charge is 0.410 e. The molecule has 2 aromatic carbocycles. The lowest BCUT2D eigenvalue weighted by Gasteiger charge is -2.32. The molecule has 1 amide bonds. The highest BCUT2D eigenvalue weighted by Gasteiger charge is 2.58. The van der Waals surface area contributed by atoms with Crippen LogP contribution in [-0.2, 0) is 18.0 Å². The Morgan fingerprint density at radius 3 is 2.58 bits per heavy atom. The summed E-state index contributed by atoms with van der Waals surface area (Å²) in [6.45, 7) is 2.76. The van der Waals surface area contributed by atoms with Crippen LogP contribution in [0.15, 0.2) is 66.9 Å². The fourth-order valence-corrected chi connectivity index (χ4v) is 5.87. The van der Waals surface area contributed by atoms with E-state index in [4.69, 9.17) is 9.47 Å². The van der Waals surface area contributed by atoms with Crippen LogP contribution in [0.1, 0.15) is 46.6 Å². The summed E-state index contributed by atoms with van der Waals surface area (Å²) in [5.41, 5.74) is 1.87. The summed E-state index contributed by atoms with van der Waals surface area (Å²) >= 11 is 0. The van der Waals surface area contributed by atoms with Crippen LogP contribution >= 0.6 is 0 Å². The Kier molecular flexibility index (Phi) is 6.73. The van der Waals surface area contributed by atoms with Crippen LogP contribution in [0.3, 0.4) is 0 Å². The van der Waals surface area contributed by atoms with Gasteiger partial charge in [0.15, 0.2) is 17.2 Å². The minimum atomic E-state index is -0.689. The molecule has 206 valence electrons. The molecule has 1 saturated carbocycles. The van der Waals surface area contributed by atoms with E-state index < -0.39 is 11.6 Å². The van der Waals surface area contributed by atoms with Gasteiger partial charge in [0.05, 0.1) is 11.3 Å². The summed E-state index contributed by atoms with van der Waals surface area (Å²) in [7, 11) is 0. The maximum atomic E-state index is 14.1. The molecular weight excluding hydrogens is 516 g/mol. The molecule has 3 heterocycles. The molecule has 1 saturated heterocycles. The van der Waals surface area contributed by atoms with Gasteiger partial charge >= 0.3 is 6.09 Å². The summed E-state index contributed by atoms with van der Waals surface area (Å²) in [5, 5.41) is 0. The number of nitrogens with zero attached hydrogens (tertiary/aromatic N) is 3. The van der Waals surface area contributed by atoms with Crippen molar-refractivity contribution in [1.82, 2.24) is 14.3 Å². The van der Waals surface area contributed by atoms with E-state index in [1.807, 2.05) is 30.3 Å². The number of likely N-dealkylation sites (tertiary alicyclic amines) is 1. The Bertz CT molecular complexity index is 1570. The Labute approximate surface area is 230 Å². The quantitative estimate of drug-likeness (QED) is 0.250. The number of piperidine rings is 1. The van der Waals surface area contributed by atoms with Crippen LogP contribution in [-0.4, -0.2) is 39.3 Å². The Morgan fingerprint density at radius 2 is 1.80 bits per heavy atom. The molecule has 7 nitrogen and oxygen atoms in total. The predicted octanol–water partition coefficient (Wildman–Crippen LogP) is 6.12. The predicted molar refractivity (Wildman–Crippen MR) is 143 cm³/mol. The first kappa shape index (κ1) is 26.0. The minimum absolute atomic E-state index is 0.0655. The van der Waals surface area contributed by atoms with Gasteiger partial charge in [0.2, 0.25) is 0 Å². The molecule has 0 spiro atoms. The van der Waals surface area contributed by atoms with Gasteiger partial charge in [-0.2, -0.15) is 0 Å². The van der Waals surface area contributed by atoms with Gasteiger partial charge in [-0.05, 0) is 60.9 Å². The zero-order valence-electron chi connectivity index (χ0n) is 22.1. The fourth-order valence-electron chi connectivity index (χ4n) is 5.87. The van der Waals surface area contributed by atoms with E-state index in [0.717, 1.165) is 18.4 Å². The zero-order valence-corrected chi connectivity index (χ0v) is 22.1. The van der Waals surface area contributed by atoms with Gasteiger partial charge in [-0.25, -0.2) is 18.6 Å². The van der Waals surface area contributed by atoms with Crippen LogP contribution in [0.25, 0.3) is 5.65 Å². The van der Waals surface area contributed by atoms with Crippen molar-refractivity contribution in [2.45, 2.75) is 39.4 Å². The number of rotatable bonds is 8. The lowest BCUT2D eigenvalue weighted by molar-refractivity contribution is 0.0703. The number of ether oxygens (including phenoxy) is 2. The molecule has 0 N–H and O–H groups in total. The molecule has 40 heavy (non-hydrogen) atoms. The van der Waals surface area contributed by atoms with Crippen LogP contribution in [0.4, 0.5) is 13.6 Å². The van der Waals surface area contributed by atoms with Gasteiger partial charge in [0.1, 0.15) is 30.5 Å². The normalized spacial score (nSPS) is 19.8. The average molecular weight is 546 g/mol. The highest BCUT2D eigenvalue weighted by Crippen LogP contribution is 2.60. The van der Waals surface area contributed by atoms with E-state index in [9.17, 15) is 18.4 Å². The molecule has 2 aromatic heterocycles. The number of aromatic nitrogens is 2. The highest BCUT2D eigenvalue weighted by molar-refractivity contribution is 5.97. The van der Waals surface area contributed by atoms with E-state index in [1.54, 1.807) is 34.6 Å². The van der Waals surface area contributed by atoms with Gasteiger partial charge < -0.3 is 14.4 Å². The SMILES string of the molecule is Cc1nc2c(OCc3c(F)cccc3F)cccn2c1C(=O)CC12CC1CCN(C(=O)OCc1ccccc1)C2. The first-order valence-electron chi connectivity index (χ1n) is 13.4. The third kappa shape index (κ3) is 4.92.